The fourth-order valence-electron chi connectivity index (χ4n) is 4.92. The van der Waals surface area contributed by atoms with Gasteiger partial charge in [0.2, 0.25) is 0 Å². The van der Waals surface area contributed by atoms with Crippen molar-refractivity contribution in [3.8, 4) is 5.75 Å². The van der Waals surface area contributed by atoms with Gasteiger partial charge in [0, 0.05) is 22.4 Å². The van der Waals surface area contributed by atoms with Gasteiger partial charge in [-0.1, -0.05) is 66.4 Å². The Morgan fingerprint density at radius 2 is 1.86 bits per heavy atom. The molecular weight excluding hydrogens is 412 g/mol. The summed E-state index contributed by atoms with van der Waals surface area (Å²) in [4.78, 5) is 0. The molecule has 1 aliphatic carbocycles. The second kappa shape index (κ2) is 7.55. The highest BCUT2D eigenvalue weighted by Gasteiger charge is 2.43. The average Bonchev–Trinajstić information content (AvgIpc) is 3.20. The number of hydrogen-bond donors (Lipinski definition) is 0. The van der Waals surface area contributed by atoms with E-state index in [9.17, 15) is 0 Å². The third kappa shape index (κ3) is 3.26. The van der Waals surface area contributed by atoms with E-state index in [0.29, 0.717) is 5.92 Å². The van der Waals surface area contributed by atoms with Gasteiger partial charge in [-0.3, -0.25) is 0 Å². The van der Waals surface area contributed by atoms with Gasteiger partial charge >= 0.3 is 0 Å². The van der Waals surface area contributed by atoms with Crippen molar-refractivity contribution in [3.63, 3.8) is 0 Å². The van der Waals surface area contributed by atoms with Gasteiger partial charge in [0.1, 0.15) is 5.75 Å². The average molecular weight is 439 g/mol. The first-order chi connectivity index (χ1) is 13.7. The van der Waals surface area contributed by atoms with E-state index >= 15 is 0 Å². The largest absolute Gasteiger partial charge is 0.468 e. The lowest BCUT2D eigenvalue weighted by Crippen LogP contribution is -2.45. The lowest BCUT2D eigenvalue weighted by Gasteiger charge is -2.42. The van der Waals surface area contributed by atoms with Crippen LogP contribution in [0.3, 0.4) is 0 Å². The number of hydrogen-bond acceptors (Lipinski definition) is 3. The first-order valence-electron chi connectivity index (χ1n) is 10.6. The van der Waals surface area contributed by atoms with E-state index < -0.39 is 0 Å². The highest BCUT2D eigenvalue weighted by molar-refractivity contribution is 9.10. The van der Waals surface area contributed by atoms with Crippen LogP contribution in [-0.2, 0) is 6.42 Å². The highest BCUT2D eigenvalue weighted by Crippen LogP contribution is 2.47. The van der Waals surface area contributed by atoms with Crippen LogP contribution in [0, 0.1) is 5.92 Å². The number of nitrogens with zero attached hydrogens (tertiary/aromatic N) is 2. The third-order valence-corrected chi connectivity index (χ3v) is 7.02. The molecule has 146 valence electrons. The fraction of sp³-hybridized carbons (Fsp3) is 0.458. The minimum atomic E-state index is 0.0615. The maximum atomic E-state index is 6.56. The van der Waals surface area contributed by atoms with Gasteiger partial charge in [-0.05, 0) is 48.6 Å². The first kappa shape index (κ1) is 18.2. The summed E-state index contributed by atoms with van der Waals surface area (Å²) in [5, 5.41) is 7.42. The lowest BCUT2D eigenvalue weighted by atomic mass is 9.86. The van der Waals surface area contributed by atoms with Gasteiger partial charge in [0.05, 0.1) is 11.8 Å². The Balaban J connectivity index is 1.51. The molecular formula is C24H27BrN2O. The summed E-state index contributed by atoms with van der Waals surface area (Å²) in [5.74, 6) is 1.61. The quantitative estimate of drug-likeness (QED) is 0.548. The number of halogens is 1. The third-order valence-electron chi connectivity index (χ3n) is 6.53. The zero-order valence-corrected chi connectivity index (χ0v) is 18.0. The Hall–Kier alpha value is -1.81. The van der Waals surface area contributed by atoms with Crippen LogP contribution in [0.1, 0.15) is 68.2 Å². The number of ether oxygens (including phenoxy) is 1. The summed E-state index contributed by atoms with van der Waals surface area (Å²) < 4.78 is 7.66. The van der Waals surface area contributed by atoms with E-state index in [4.69, 9.17) is 9.84 Å². The predicted octanol–water partition coefficient (Wildman–Crippen LogP) is 6.46. The van der Waals surface area contributed by atoms with Gasteiger partial charge in [0.15, 0.2) is 6.23 Å². The molecule has 2 aromatic carbocycles. The fourth-order valence-corrected chi connectivity index (χ4v) is 5.30. The van der Waals surface area contributed by atoms with E-state index in [2.05, 4.69) is 70.3 Å². The van der Waals surface area contributed by atoms with Crippen molar-refractivity contribution in [2.45, 2.75) is 64.1 Å². The molecule has 1 fully saturated rings. The van der Waals surface area contributed by atoms with Crippen LogP contribution < -0.4 is 4.74 Å². The standard InChI is InChI=1S/C24H27BrN2O/c1-2-16-8-10-17(11-9-16)21-15-22-20-14-19(25)12-13-23(20)28-24(27(22)26-21)18-6-4-3-5-7-18/h8-14,18,22,24H,2-7,15H2,1H3/t22-,24+/m0/s1. The number of benzene rings is 2. The minimum absolute atomic E-state index is 0.0615. The molecule has 3 aliphatic rings. The molecule has 4 heteroatoms. The van der Waals surface area contributed by atoms with Crippen molar-refractivity contribution in [1.82, 2.24) is 5.01 Å². The molecule has 28 heavy (non-hydrogen) atoms. The molecule has 2 atom stereocenters. The normalized spacial score (nSPS) is 24.4. The molecule has 0 aromatic heterocycles. The Labute approximate surface area is 175 Å². The van der Waals surface area contributed by atoms with E-state index in [1.165, 1.54) is 54.5 Å². The zero-order valence-electron chi connectivity index (χ0n) is 16.4. The summed E-state index contributed by atoms with van der Waals surface area (Å²) in [6.45, 7) is 2.20. The SMILES string of the molecule is CCc1ccc(C2=NN3[C@@H](C4CCCCC4)Oc4ccc(Br)cc4[C@@H]3C2)cc1. The molecule has 3 nitrogen and oxygen atoms in total. The molecule has 1 saturated carbocycles. The van der Waals surface area contributed by atoms with Crippen LogP contribution in [-0.4, -0.2) is 16.9 Å². The molecule has 0 unspecified atom stereocenters. The Morgan fingerprint density at radius 1 is 1.07 bits per heavy atom. The number of aryl methyl sites for hydroxylation is 1. The highest BCUT2D eigenvalue weighted by atomic mass is 79.9. The first-order valence-corrected chi connectivity index (χ1v) is 11.4. The molecule has 0 N–H and O–H groups in total. The van der Waals surface area contributed by atoms with Gasteiger partial charge in [-0.2, -0.15) is 5.10 Å². The number of fused-ring (bicyclic) bond motifs is 3. The van der Waals surface area contributed by atoms with Crippen LogP contribution in [0.4, 0.5) is 0 Å². The van der Waals surface area contributed by atoms with Crippen molar-refractivity contribution in [2.75, 3.05) is 0 Å². The van der Waals surface area contributed by atoms with Crippen molar-refractivity contribution in [3.05, 3.63) is 63.6 Å². The summed E-state index contributed by atoms with van der Waals surface area (Å²) in [7, 11) is 0. The maximum Gasteiger partial charge on any atom is 0.190 e. The summed E-state index contributed by atoms with van der Waals surface area (Å²) in [6, 6.07) is 15.6. The van der Waals surface area contributed by atoms with E-state index in [0.717, 1.165) is 23.1 Å². The molecule has 2 aromatic rings. The van der Waals surface area contributed by atoms with Crippen LogP contribution in [0.15, 0.2) is 52.0 Å². The Bertz CT molecular complexity index is 886. The smallest absolute Gasteiger partial charge is 0.190 e. The van der Waals surface area contributed by atoms with Crippen molar-refractivity contribution >= 4 is 21.6 Å². The van der Waals surface area contributed by atoms with Crippen molar-refractivity contribution in [2.24, 2.45) is 11.0 Å². The van der Waals surface area contributed by atoms with Crippen molar-refractivity contribution < 1.29 is 4.74 Å². The molecule has 0 spiro atoms. The van der Waals surface area contributed by atoms with Crippen LogP contribution in [0.5, 0.6) is 5.75 Å². The van der Waals surface area contributed by atoms with E-state index in [1.807, 2.05) is 0 Å². The minimum Gasteiger partial charge on any atom is -0.468 e. The van der Waals surface area contributed by atoms with E-state index in [-0.39, 0.29) is 12.3 Å². The molecule has 0 saturated heterocycles. The van der Waals surface area contributed by atoms with Crippen LogP contribution in [0.2, 0.25) is 0 Å². The Kier molecular flexibility index (Phi) is 4.92. The molecule has 0 amide bonds. The summed E-state index contributed by atoms with van der Waals surface area (Å²) in [6.07, 6.45) is 8.55. The Morgan fingerprint density at radius 3 is 2.61 bits per heavy atom. The predicted molar refractivity (Wildman–Crippen MR) is 117 cm³/mol. The van der Waals surface area contributed by atoms with Crippen LogP contribution >= 0.6 is 15.9 Å². The van der Waals surface area contributed by atoms with Gasteiger partial charge in [-0.15, -0.1) is 0 Å². The molecule has 2 heterocycles. The van der Waals surface area contributed by atoms with Crippen LogP contribution in [0.25, 0.3) is 0 Å². The van der Waals surface area contributed by atoms with Gasteiger partial charge in [0.25, 0.3) is 0 Å². The van der Waals surface area contributed by atoms with Gasteiger partial charge < -0.3 is 4.74 Å². The zero-order chi connectivity index (χ0) is 19.1. The van der Waals surface area contributed by atoms with Gasteiger partial charge in [-0.25, -0.2) is 5.01 Å². The topological polar surface area (TPSA) is 24.8 Å². The second-order valence-corrected chi connectivity index (χ2v) is 9.20. The number of hydrazone groups is 1. The number of rotatable bonds is 3. The molecule has 0 bridgehead atoms. The second-order valence-electron chi connectivity index (χ2n) is 8.29. The summed E-state index contributed by atoms with van der Waals surface area (Å²) >= 11 is 3.64. The molecule has 2 aliphatic heterocycles. The van der Waals surface area contributed by atoms with E-state index in [1.54, 1.807) is 0 Å². The monoisotopic (exact) mass is 438 g/mol. The summed E-state index contributed by atoms with van der Waals surface area (Å²) in [5.41, 5.74) is 5.05. The molecule has 0 radical (unpaired) electrons. The maximum absolute atomic E-state index is 6.56. The van der Waals surface area contributed by atoms with Crippen molar-refractivity contribution in [1.29, 1.82) is 0 Å². The lowest BCUT2D eigenvalue weighted by molar-refractivity contribution is -0.0644. The molecule has 5 rings (SSSR count).